The Morgan fingerprint density at radius 2 is 2.04 bits per heavy atom. The van der Waals surface area contributed by atoms with E-state index in [2.05, 4.69) is 4.98 Å². The molecule has 2 aromatic rings. The molecule has 3 rings (SSSR count). The molecule has 0 N–H and O–H groups in total. The number of aromatic nitrogens is 1. The lowest BCUT2D eigenvalue weighted by Crippen LogP contribution is -2.43. The smallest absolute Gasteiger partial charge is 0.264 e. The summed E-state index contributed by atoms with van der Waals surface area (Å²) in [7, 11) is 0. The minimum absolute atomic E-state index is 0.0180. The number of pyridine rings is 1. The fraction of sp³-hybridized carbons (Fsp3) is 0.421. The lowest BCUT2D eigenvalue weighted by Gasteiger charge is -2.35. The number of aryl methyl sites for hydroxylation is 1. The Morgan fingerprint density at radius 3 is 2.75 bits per heavy atom. The second-order valence-electron chi connectivity index (χ2n) is 6.23. The summed E-state index contributed by atoms with van der Waals surface area (Å²) in [6.07, 6.45) is 6.90. The zero-order valence-electron chi connectivity index (χ0n) is 13.9. The Kier molecular flexibility index (Phi) is 5.41. The minimum atomic E-state index is 0.0180. The Labute approximate surface area is 146 Å². The Bertz CT molecular complexity index is 711. The summed E-state index contributed by atoms with van der Waals surface area (Å²) in [6, 6.07) is 9.76. The Morgan fingerprint density at radius 1 is 1.21 bits per heavy atom. The van der Waals surface area contributed by atoms with Crippen molar-refractivity contribution in [3.8, 4) is 0 Å². The third-order valence-electron chi connectivity index (χ3n) is 4.51. The molecule has 0 aliphatic carbocycles. The molecule has 1 saturated heterocycles. The molecule has 24 heavy (non-hydrogen) atoms. The maximum absolute atomic E-state index is 12.9. The van der Waals surface area contributed by atoms with Crippen LogP contribution in [0, 0.1) is 0 Å². The fourth-order valence-electron chi connectivity index (χ4n) is 3.21. The van der Waals surface area contributed by atoms with Crippen molar-refractivity contribution in [2.75, 3.05) is 6.54 Å². The Balaban J connectivity index is 1.69. The van der Waals surface area contributed by atoms with Crippen LogP contribution >= 0.6 is 11.3 Å². The van der Waals surface area contributed by atoms with Crippen LogP contribution in [0.3, 0.4) is 0 Å². The van der Waals surface area contributed by atoms with Crippen molar-refractivity contribution in [3.05, 3.63) is 52.0 Å². The molecule has 4 nitrogen and oxygen atoms in total. The number of carbonyl (C=O) groups excluding carboxylic acids is 2. The van der Waals surface area contributed by atoms with Gasteiger partial charge in [0, 0.05) is 24.5 Å². The van der Waals surface area contributed by atoms with Gasteiger partial charge in [0.2, 0.25) is 0 Å². The van der Waals surface area contributed by atoms with Crippen LogP contribution in [0.2, 0.25) is 0 Å². The van der Waals surface area contributed by atoms with E-state index in [-0.39, 0.29) is 17.7 Å². The molecule has 0 unspecified atom stereocenters. The summed E-state index contributed by atoms with van der Waals surface area (Å²) in [4.78, 5) is 32.0. The molecule has 0 aromatic carbocycles. The highest BCUT2D eigenvalue weighted by Gasteiger charge is 2.28. The van der Waals surface area contributed by atoms with Gasteiger partial charge in [0.05, 0.1) is 9.75 Å². The van der Waals surface area contributed by atoms with Gasteiger partial charge in [0.15, 0.2) is 5.78 Å². The molecule has 0 radical (unpaired) electrons. The number of piperidine rings is 1. The monoisotopic (exact) mass is 342 g/mol. The molecule has 1 aliphatic heterocycles. The van der Waals surface area contributed by atoms with Crippen molar-refractivity contribution >= 4 is 23.0 Å². The van der Waals surface area contributed by atoms with Gasteiger partial charge in [-0.05, 0) is 63.3 Å². The molecule has 3 heterocycles. The number of nitrogens with zero attached hydrogens (tertiary/aromatic N) is 2. The summed E-state index contributed by atoms with van der Waals surface area (Å²) in [5, 5.41) is 0. The van der Waals surface area contributed by atoms with Crippen molar-refractivity contribution in [1.82, 2.24) is 9.88 Å². The van der Waals surface area contributed by atoms with Gasteiger partial charge >= 0.3 is 0 Å². The average molecular weight is 342 g/mol. The third-order valence-corrected chi connectivity index (χ3v) is 5.69. The number of thiophene rings is 1. The van der Waals surface area contributed by atoms with Gasteiger partial charge in [-0.25, -0.2) is 0 Å². The first-order chi connectivity index (χ1) is 11.6. The van der Waals surface area contributed by atoms with E-state index >= 15 is 0 Å². The van der Waals surface area contributed by atoms with Crippen LogP contribution in [-0.4, -0.2) is 34.2 Å². The van der Waals surface area contributed by atoms with E-state index in [9.17, 15) is 9.59 Å². The molecule has 1 amide bonds. The van der Waals surface area contributed by atoms with Crippen LogP contribution < -0.4 is 0 Å². The highest BCUT2D eigenvalue weighted by molar-refractivity contribution is 7.15. The number of rotatable bonds is 5. The van der Waals surface area contributed by atoms with E-state index in [1.807, 2.05) is 29.3 Å². The van der Waals surface area contributed by atoms with Crippen LogP contribution in [0.5, 0.6) is 0 Å². The van der Waals surface area contributed by atoms with Crippen molar-refractivity contribution in [2.24, 2.45) is 0 Å². The van der Waals surface area contributed by atoms with Gasteiger partial charge in [-0.2, -0.15) is 0 Å². The summed E-state index contributed by atoms with van der Waals surface area (Å²) in [5.74, 6) is 0.0858. The molecule has 5 heteroatoms. The van der Waals surface area contributed by atoms with Crippen molar-refractivity contribution in [1.29, 1.82) is 0 Å². The first-order valence-electron chi connectivity index (χ1n) is 8.47. The Hall–Kier alpha value is -2.01. The molecule has 1 atom stereocenters. The maximum atomic E-state index is 12.9. The molecule has 1 aliphatic rings. The number of hydrogen-bond donors (Lipinski definition) is 0. The SMILES string of the molecule is CC(=O)c1ccc(C(=O)N2CCCC[C@H]2CCc2ccccn2)s1. The van der Waals surface area contributed by atoms with Crippen molar-refractivity contribution < 1.29 is 9.59 Å². The lowest BCUT2D eigenvalue weighted by atomic mass is 9.97. The first-order valence-corrected chi connectivity index (χ1v) is 9.28. The van der Waals surface area contributed by atoms with E-state index < -0.39 is 0 Å². The zero-order chi connectivity index (χ0) is 16.9. The van der Waals surface area contributed by atoms with Crippen LogP contribution in [0.4, 0.5) is 0 Å². The van der Waals surface area contributed by atoms with Gasteiger partial charge < -0.3 is 4.90 Å². The minimum Gasteiger partial charge on any atom is -0.335 e. The number of hydrogen-bond acceptors (Lipinski definition) is 4. The second kappa shape index (κ2) is 7.71. The topological polar surface area (TPSA) is 50.3 Å². The number of amides is 1. The molecule has 126 valence electrons. The molecule has 0 spiro atoms. The largest absolute Gasteiger partial charge is 0.335 e. The molecule has 0 bridgehead atoms. The first kappa shape index (κ1) is 16.8. The van der Waals surface area contributed by atoms with Crippen LogP contribution in [-0.2, 0) is 6.42 Å². The molecule has 0 saturated carbocycles. The molecular formula is C19H22N2O2S. The molecule has 1 fully saturated rings. The number of Topliss-reactive ketones (excluding diaryl/α,β-unsaturated/α-hetero) is 1. The van der Waals surface area contributed by atoms with Gasteiger partial charge in [-0.1, -0.05) is 6.07 Å². The van der Waals surface area contributed by atoms with Crippen molar-refractivity contribution in [2.45, 2.75) is 45.1 Å². The maximum Gasteiger partial charge on any atom is 0.264 e. The summed E-state index contributed by atoms with van der Waals surface area (Å²) >= 11 is 1.31. The predicted molar refractivity (Wildman–Crippen MR) is 95.6 cm³/mol. The summed E-state index contributed by atoms with van der Waals surface area (Å²) in [6.45, 7) is 2.34. The van der Waals surface area contributed by atoms with Crippen molar-refractivity contribution in [3.63, 3.8) is 0 Å². The zero-order valence-corrected chi connectivity index (χ0v) is 14.7. The van der Waals surface area contributed by atoms with E-state index in [4.69, 9.17) is 0 Å². The highest BCUT2D eigenvalue weighted by atomic mass is 32.1. The number of likely N-dealkylation sites (tertiary alicyclic amines) is 1. The summed E-state index contributed by atoms with van der Waals surface area (Å²) in [5.41, 5.74) is 1.07. The quantitative estimate of drug-likeness (QED) is 0.773. The normalized spacial score (nSPS) is 17.7. The predicted octanol–water partition coefficient (Wildman–Crippen LogP) is 3.97. The van der Waals surface area contributed by atoms with E-state index in [0.717, 1.165) is 37.9 Å². The van der Waals surface area contributed by atoms with Crippen LogP contribution in [0.1, 0.15) is 57.6 Å². The number of carbonyl (C=O) groups is 2. The average Bonchev–Trinajstić information content (AvgIpc) is 3.11. The van der Waals surface area contributed by atoms with Crippen LogP contribution in [0.25, 0.3) is 0 Å². The lowest BCUT2D eigenvalue weighted by molar-refractivity contribution is 0.0606. The standard InChI is InChI=1S/C19H22N2O2S/c1-14(22)17-10-11-18(24-17)19(23)21-13-5-3-7-16(21)9-8-15-6-2-4-12-20-15/h2,4,6,10-12,16H,3,5,7-9,13H2,1H3/t16-/m0/s1. The van der Waals surface area contributed by atoms with Gasteiger partial charge in [-0.3, -0.25) is 14.6 Å². The summed E-state index contributed by atoms with van der Waals surface area (Å²) < 4.78 is 0. The highest BCUT2D eigenvalue weighted by Crippen LogP contribution is 2.26. The van der Waals surface area contributed by atoms with Crippen LogP contribution in [0.15, 0.2) is 36.5 Å². The second-order valence-corrected chi connectivity index (χ2v) is 7.31. The van der Waals surface area contributed by atoms with E-state index in [1.54, 1.807) is 12.1 Å². The third kappa shape index (κ3) is 3.90. The van der Waals surface area contributed by atoms with E-state index in [1.165, 1.54) is 24.7 Å². The van der Waals surface area contributed by atoms with Gasteiger partial charge in [0.25, 0.3) is 5.91 Å². The number of ketones is 1. The molecule has 2 aromatic heterocycles. The van der Waals surface area contributed by atoms with E-state index in [0.29, 0.717) is 9.75 Å². The fourth-order valence-corrected chi connectivity index (χ4v) is 4.07. The molecular weight excluding hydrogens is 320 g/mol. The van der Waals surface area contributed by atoms with Gasteiger partial charge in [0.1, 0.15) is 0 Å². The van der Waals surface area contributed by atoms with Gasteiger partial charge in [-0.15, -0.1) is 11.3 Å².